The van der Waals surface area contributed by atoms with Crippen molar-refractivity contribution < 1.29 is 9.59 Å². The van der Waals surface area contributed by atoms with Crippen LogP contribution >= 0.6 is 11.6 Å². The highest BCUT2D eigenvalue weighted by Crippen LogP contribution is 2.22. The standard InChI is InChI=1S/C25H20ClN5O2/c26-22-14-8-7-13-21(22)25(33)27-16-23(32)29-28-15-19-17-31(20-11-5-2-6-12-20)30-24(19)18-9-3-1-4-10-18/h1-15,17H,16H2,(H,27,33)(H,29,32). The molecule has 164 valence electrons. The minimum absolute atomic E-state index is 0.240. The molecule has 0 aliphatic carbocycles. The van der Waals surface area contributed by atoms with Gasteiger partial charge in [0.1, 0.15) is 5.69 Å². The van der Waals surface area contributed by atoms with Crippen LogP contribution < -0.4 is 10.7 Å². The van der Waals surface area contributed by atoms with E-state index < -0.39 is 11.8 Å². The van der Waals surface area contributed by atoms with Crippen LogP contribution in [0.25, 0.3) is 16.9 Å². The number of hydrogen-bond donors (Lipinski definition) is 2. The Balaban J connectivity index is 1.45. The van der Waals surface area contributed by atoms with Crippen molar-refractivity contribution in [1.29, 1.82) is 0 Å². The number of rotatable bonds is 7. The lowest BCUT2D eigenvalue weighted by atomic mass is 10.1. The summed E-state index contributed by atoms with van der Waals surface area (Å²) in [5.41, 5.74) is 6.01. The van der Waals surface area contributed by atoms with E-state index in [9.17, 15) is 9.59 Å². The number of carbonyl (C=O) groups is 2. The quantitative estimate of drug-likeness (QED) is 0.324. The topological polar surface area (TPSA) is 88.4 Å². The molecule has 2 amide bonds. The van der Waals surface area contributed by atoms with Gasteiger partial charge in [0.2, 0.25) is 0 Å². The summed E-state index contributed by atoms with van der Waals surface area (Å²) in [5, 5.41) is 11.6. The van der Waals surface area contributed by atoms with Gasteiger partial charge >= 0.3 is 0 Å². The molecular formula is C25H20ClN5O2. The van der Waals surface area contributed by atoms with Gasteiger partial charge in [0, 0.05) is 17.3 Å². The summed E-state index contributed by atoms with van der Waals surface area (Å²) in [6.45, 7) is -0.240. The third-order valence-corrected chi connectivity index (χ3v) is 5.06. The number of hydrogen-bond acceptors (Lipinski definition) is 4. The number of carbonyl (C=O) groups excluding carboxylic acids is 2. The summed E-state index contributed by atoms with van der Waals surface area (Å²) in [6, 6.07) is 26.0. The van der Waals surface area contributed by atoms with Gasteiger partial charge < -0.3 is 5.32 Å². The average Bonchev–Trinajstić information content (AvgIpc) is 3.28. The summed E-state index contributed by atoms with van der Waals surface area (Å²) >= 11 is 6.00. The first-order valence-corrected chi connectivity index (χ1v) is 10.5. The highest BCUT2D eigenvalue weighted by atomic mass is 35.5. The van der Waals surface area contributed by atoms with Crippen molar-refractivity contribution in [3.63, 3.8) is 0 Å². The summed E-state index contributed by atoms with van der Waals surface area (Å²) in [5.74, 6) is -0.904. The van der Waals surface area contributed by atoms with Crippen LogP contribution in [0.15, 0.2) is 96.2 Å². The van der Waals surface area contributed by atoms with Gasteiger partial charge in [-0.1, -0.05) is 72.3 Å². The SMILES string of the molecule is O=C(CNC(=O)c1ccccc1Cl)NN=Cc1cn(-c2ccccc2)nc1-c1ccccc1. The normalized spacial score (nSPS) is 10.8. The van der Waals surface area contributed by atoms with Crippen molar-refractivity contribution in [3.05, 3.63) is 107 Å². The van der Waals surface area contributed by atoms with E-state index in [1.165, 1.54) is 6.21 Å². The van der Waals surface area contributed by atoms with Crippen LogP contribution in [-0.2, 0) is 4.79 Å². The molecule has 0 saturated carbocycles. The predicted molar refractivity (Wildman–Crippen MR) is 129 cm³/mol. The monoisotopic (exact) mass is 457 g/mol. The Labute approximate surface area is 195 Å². The van der Waals surface area contributed by atoms with Gasteiger partial charge in [-0.05, 0) is 24.3 Å². The van der Waals surface area contributed by atoms with Gasteiger partial charge in [0.05, 0.1) is 29.0 Å². The van der Waals surface area contributed by atoms with Crippen LogP contribution in [0.1, 0.15) is 15.9 Å². The maximum absolute atomic E-state index is 12.2. The largest absolute Gasteiger partial charge is 0.343 e. The van der Waals surface area contributed by atoms with Crippen molar-refractivity contribution >= 4 is 29.6 Å². The molecule has 0 radical (unpaired) electrons. The molecule has 8 heteroatoms. The molecular weight excluding hydrogens is 438 g/mol. The smallest absolute Gasteiger partial charge is 0.259 e. The number of hydrazone groups is 1. The van der Waals surface area contributed by atoms with Crippen LogP contribution in [-0.4, -0.2) is 34.4 Å². The number of nitrogens with one attached hydrogen (secondary N) is 2. The first-order valence-electron chi connectivity index (χ1n) is 10.2. The molecule has 7 nitrogen and oxygen atoms in total. The van der Waals surface area contributed by atoms with E-state index in [2.05, 4.69) is 15.8 Å². The third-order valence-electron chi connectivity index (χ3n) is 4.73. The van der Waals surface area contributed by atoms with Crippen LogP contribution in [0.2, 0.25) is 5.02 Å². The lowest BCUT2D eigenvalue weighted by Gasteiger charge is -2.05. The fraction of sp³-hybridized carbons (Fsp3) is 0.0400. The van der Waals surface area contributed by atoms with Gasteiger partial charge in [0.25, 0.3) is 11.8 Å². The summed E-state index contributed by atoms with van der Waals surface area (Å²) in [7, 11) is 0. The molecule has 3 aromatic carbocycles. The van der Waals surface area contributed by atoms with E-state index in [1.807, 2.05) is 66.9 Å². The molecule has 0 aliphatic heterocycles. The van der Waals surface area contributed by atoms with Gasteiger partial charge in [-0.2, -0.15) is 10.2 Å². The Morgan fingerprint density at radius 3 is 2.33 bits per heavy atom. The second-order valence-corrected chi connectivity index (χ2v) is 7.44. The number of nitrogens with zero attached hydrogens (tertiary/aromatic N) is 3. The van der Waals surface area contributed by atoms with E-state index in [1.54, 1.807) is 28.9 Å². The van der Waals surface area contributed by atoms with Gasteiger partial charge in [0.15, 0.2) is 0 Å². The Morgan fingerprint density at radius 2 is 1.61 bits per heavy atom. The zero-order chi connectivity index (χ0) is 23.0. The minimum atomic E-state index is -0.469. The summed E-state index contributed by atoms with van der Waals surface area (Å²) in [4.78, 5) is 24.3. The van der Waals surface area contributed by atoms with Crippen LogP contribution in [0.4, 0.5) is 0 Å². The van der Waals surface area contributed by atoms with E-state index in [4.69, 9.17) is 16.7 Å². The number of para-hydroxylation sites is 1. The fourth-order valence-corrected chi connectivity index (χ4v) is 3.35. The van der Waals surface area contributed by atoms with Gasteiger partial charge in [-0.3, -0.25) is 9.59 Å². The van der Waals surface area contributed by atoms with Crippen LogP contribution in [0.5, 0.6) is 0 Å². The Bertz CT molecular complexity index is 1290. The van der Waals surface area contributed by atoms with E-state index in [0.717, 1.165) is 22.5 Å². The molecule has 0 spiro atoms. The minimum Gasteiger partial charge on any atom is -0.343 e. The molecule has 1 aromatic heterocycles. The molecule has 33 heavy (non-hydrogen) atoms. The molecule has 0 aliphatic rings. The Hall–Kier alpha value is -4.23. The number of halogens is 1. The third kappa shape index (κ3) is 5.53. The van der Waals surface area contributed by atoms with Gasteiger partial charge in [-0.25, -0.2) is 10.1 Å². The molecule has 2 N–H and O–H groups in total. The maximum atomic E-state index is 12.2. The molecule has 0 saturated heterocycles. The first kappa shape index (κ1) is 22.0. The van der Waals surface area contributed by atoms with Crippen molar-refractivity contribution in [2.45, 2.75) is 0 Å². The summed E-state index contributed by atoms with van der Waals surface area (Å²) in [6.07, 6.45) is 3.37. The van der Waals surface area contributed by atoms with Gasteiger partial charge in [-0.15, -0.1) is 0 Å². The molecule has 4 rings (SSSR count). The van der Waals surface area contributed by atoms with E-state index in [-0.39, 0.29) is 6.54 Å². The highest BCUT2D eigenvalue weighted by Gasteiger charge is 2.12. The lowest BCUT2D eigenvalue weighted by molar-refractivity contribution is -0.120. The van der Waals surface area contributed by atoms with Crippen molar-refractivity contribution in [2.75, 3.05) is 6.54 Å². The molecule has 0 atom stereocenters. The number of benzene rings is 3. The van der Waals surface area contributed by atoms with Crippen LogP contribution in [0.3, 0.4) is 0 Å². The molecule has 0 unspecified atom stereocenters. The number of aromatic nitrogens is 2. The fourth-order valence-electron chi connectivity index (χ4n) is 3.13. The van der Waals surface area contributed by atoms with Crippen molar-refractivity contribution in [1.82, 2.24) is 20.5 Å². The molecule has 0 bridgehead atoms. The van der Waals surface area contributed by atoms with Crippen LogP contribution in [0, 0.1) is 0 Å². The van der Waals surface area contributed by atoms with E-state index in [0.29, 0.717) is 10.6 Å². The zero-order valence-corrected chi connectivity index (χ0v) is 18.2. The predicted octanol–water partition coefficient (Wildman–Crippen LogP) is 4.07. The maximum Gasteiger partial charge on any atom is 0.259 e. The van der Waals surface area contributed by atoms with Crippen molar-refractivity contribution in [2.24, 2.45) is 5.10 Å². The molecule has 4 aromatic rings. The molecule has 1 heterocycles. The lowest BCUT2D eigenvalue weighted by Crippen LogP contribution is -2.35. The first-order chi connectivity index (χ1) is 16.1. The van der Waals surface area contributed by atoms with E-state index >= 15 is 0 Å². The highest BCUT2D eigenvalue weighted by molar-refractivity contribution is 6.33. The number of amides is 2. The molecule has 0 fully saturated rings. The zero-order valence-electron chi connectivity index (χ0n) is 17.5. The summed E-state index contributed by atoms with van der Waals surface area (Å²) < 4.78 is 1.76. The Kier molecular flexibility index (Phi) is 6.92. The second-order valence-electron chi connectivity index (χ2n) is 7.03. The van der Waals surface area contributed by atoms with Crippen molar-refractivity contribution in [3.8, 4) is 16.9 Å². The average molecular weight is 458 g/mol. The second kappa shape index (κ2) is 10.4. The Morgan fingerprint density at radius 1 is 0.939 bits per heavy atom.